The predicted molar refractivity (Wildman–Crippen MR) is 103 cm³/mol. The molecular formula is C21H19N5O. The van der Waals surface area contributed by atoms with E-state index in [2.05, 4.69) is 44.6 Å². The van der Waals surface area contributed by atoms with E-state index in [0.717, 1.165) is 16.8 Å². The first kappa shape index (κ1) is 16.9. The van der Waals surface area contributed by atoms with Gasteiger partial charge in [0.25, 0.3) is 11.7 Å². The Morgan fingerprint density at radius 3 is 2.22 bits per heavy atom. The van der Waals surface area contributed by atoms with Crippen LogP contribution in [0, 0.1) is 6.92 Å². The summed E-state index contributed by atoms with van der Waals surface area (Å²) >= 11 is 0. The van der Waals surface area contributed by atoms with E-state index in [4.69, 9.17) is 0 Å². The molecule has 4 rings (SSSR count). The summed E-state index contributed by atoms with van der Waals surface area (Å²) in [6, 6.07) is 22.1. The number of benzene rings is 2. The molecule has 0 aliphatic carbocycles. The lowest BCUT2D eigenvalue weighted by atomic mass is 9.91. The van der Waals surface area contributed by atoms with Crippen molar-refractivity contribution in [1.29, 1.82) is 0 Å². The van der Waals surface area contributed by atoms with Gasteiger partial charge in [0.15, 0.2) is 0 Å². The van der Waals surface area contributed by atoms with Crippen LogP contribution in [0.25, 0.3) is 5.78 Å². The molecule has 0 unspecified atom stereocenters. The van der Waals surface area contributed by atoms with Crippen molar-refractivity contribution in [1.82, 2.24) is 24.9 Å². The largest absolute Gasteiger partial charge is 0.348 e. The van der Waals surface area contributed by atoms with Crippen molar-refractivity contribution in [2.24, 2.45) is 0 Å². The van der Waals surface area contributed by atoms with Crippen LogP contribution in [0.4, 0.5) is 0 Å². The van der Waals surface area contributed by atoms with Crippen LogP contribution in [0.5, 0.6) is 0 Å². The van der Waals surface area contributed by atoms with Gasteiger partial charge in [-0.2, -0.15) is 4.98 Å². The molecule has 0 aliphatic rings. The maximum Gasteiger partial charge on any atom is 0.291 e. The van der Waals surface area contributed by atoms with Crippen LogP contribution in [-0.2, 0) is 0 Å². The number of amides is 1. The molecular weight excluding hydrogens is 338 g/mol. The summed E-state index contributed by atoms with van der Waals surface area (Å²) < 4.78 is 1.57. The Morgan fingerprint density at radius 2 is 1.63 bits per heavy atom. The van der Waals surface area contributed by atoms with Gasteiger partial charge < -0.3 is 5.32 Å². The standard InChI is InChI=1S/C21H19N5O/c1-15-12-13-22-21-24-19(25-26(15)21)20(27)23-14-18(16-8-4-2-5-9-16)17-10-6-3-7-11-17/h2-13,18H,14H2,1H3,(H,23,27). The summed E-state index contributed by atoms with van der Waals surface area (Å²) in [5.41, 5.74) is 3.16. The zero-order chi connectivity index (χ0) is 18.6. The maximum atomic E-state index is 12.6. The van der Waals surface area contributed by atoms with Crippen molar-refractivity contribution in [2.45, 2.75) is 12.8 Å². The summed E-state index contributed by atoms with van der Waals surface area (Å²) in [6.07, 6.45) is 1.65. The summed E-state index contributed by atoms with van der Waals surface area (Å²) in [6.45, 7) is 2.35. The number of fused-ring (bicyclic) bond motifs is 1. The second-order valence-corrected chi connectivity index (χ2v) is 6.32. The zero-order valence-corrected chi connectivity index (χ0v) is 14.9. The number of aromatic nitrogens is 4. The molecule has 4 aromatic rings. The van der Waals surface area contributed by atoms with Gasteiger partial charge in [-0.3, -0.25) is 4.79 Å². The average molecular weight is 357 g/mol. The lowest BCUT2D eigenvalue weighted by molar-refractivity contribution is 0.0942. The molecule has 0 atom stereocenters. The molecule has 2 aromatic carbocycles. The molecule has 2 heterocycles. The molecule has 1 N–H and O–H groups in total. The highest BCUT2D eigenvalue weighted by Crippen LogP contribution is 2.23. The van der Waals surface area contributed by atoms with E-state index in [0.29, 0.717) is 12.3 Å². The molecule has 6 nitrogen and oxygen atoms in total. The van der Waals surface area contributed by atoms with Crippen LogP contribution in [0.15, 0.2) is 72.9 Å². The Balaban J connectivity index is 1.56. The van der Waals surface area contributed by atoms with Gasteiger partial charge in [-0.1, -0.05) is 60.7 Å². The fraction of sp³-hybridized carbons (Fsp3) is 0.143. The van der Waals surface area contributed by atoms with Crippen molar-refractivity contribution < 1.29 is 4.79 Å². The van der Waals surface area contributed by atoms with Crippen LogP contribution < -0.4 is 5.32 Å². The van der Waals surface area contributed by atoms with Crippen LogP contribution in [0.1, 0.15) is 33.4 Å². The van der Waals surface area contributed by atoms with E-state index in [1.807, 2.05) is 49.4 Å². The monoisotopic (exact) mass is 357 g/mol. The van der Waals surface area contributed by atoms with E-state index < -0.39 is 0 Å². The van der Waals surface area contributed by atoms with Gasteiger partial charge in [0.1, 0.15) is 0 Å². The van der Waals surface area contributed by atoms with E-state index >= 15 is 0 Å². The third-order valence-corrected chi connectivity index (χ3v) is 4.50. The molecule has 2 aromatic heterocycles. The summed E-state index contributed by atoms with van der Waals surface area (Å²) in [7, 11) is 0. The van der Waals surface area contributed by atoms with E-state index in [1.54, 1.807) is 10.7 Å². The van der Waals surface area contributed by atoms with E-state index in [-0.39, 0.29) is 17.6 Å². The fourth-order valence-electron chi connectivity index (χ4n) is 3.08. The van der Waals surface area contributed by atoms with Crippen LogP contribution in [-0.4, -0.2) is 32.0 Å². The minimum Gasteiger partial charge on any atom is -0.348 e. The van der Waals surface area contributed by atoms with Crippen LogP contribution in [0.3, 0.4) is 0 Å². The van der Waals surface area contributed by atoms with Crippen LogP contribution in [0.2, 0.25) is 0 Å². The number of nitrogens with zero attached hydrogens (tertiary/aromatic N) is 4. The highest BCUT2D eigenvalue weighted by atomic mass is 16.2. The molecule has 1 amide bonds. The number of carbonyl (C=O) groups is 1. The lowest BCUT2D eigenvalue weighted by Gasteiger charge is -2.18. The van der Waals surface area contributed by atoms with Crippen molar-refractivity contribution in [3.05, 3.63) is 95.6 Å². The molecule has 27 heavy (non-hydrogen) atoms. The molecule has 6 heteroatoms. The first-order valence-corrected chi connectivity index (χ1v) is 8.79. The second-order valence-electron chi connectivity index (χ2n) is 6.32. The van der Waals surface area contributed by atoms with Crippen molar-refractivity contribution >= 4 is 11.7 Å². The van der Waals surface area contributed by atoms with Gasteiger partial charge in [0, 0.05) is 24.4 Å². The first-order chi connectivity index (χ1) is 13.2. The SMILES string of the molecule is Cc1ccnc2nc(C(=O)NCC(c3ccccc3)c3ccccc3)nn12. The van der Waals surface area contributed by atoms with Gasteiger partial charge in [-0.05, 0) is 24.1 Å². The number of hydrogen-bond donors (Lipinski definition) is 1. The molecule has 0 bridgehead atoms. The van der Waals surface area contributed by atoms with Crippen molar-refractivity contribution in [3.8, 4) is 0 Å². The quantitative estimate of drug-likeness (QED) is 0.596. The summed E-state index contributed by atoms with van der Waals surface area (Å²) in [5.74, 6) is 0.282. The van der Waals surface area contributed by atoms with Crippen molar-refractivity contribution in [3.63, 3.8) is 0 Å². The molecule has 0 saturated heterocycles. The molecule has 0 spiro atoms. The Kier molecular flexibility index (Phi) is 4.61. The fourth-order valence-corrected chi connectivity index (χ4v) is 3.08. The minimum absolute atomic E-state index is 0.0493. The van der Waals surface area contributed by atoms with E-state index in [9.17, 15) is 4.79 Å². The van der Waals surface area contributed by atoms with Gasteiger partial charge in [0.05, 0.1) is 0 Å². The topological polar surface area (TPSA) is 72.2 Å². The number of nitrogens with one attached hydrogen (secondary N) is 1. The third-order valence-electron chi connectivity index (χ3n) is 4.50. The first-order valence-electron chi connectivity index (χ1n) is 8.79. The summed E-state index contributed by atoms with van der Waals surface area (Å²) in [4.78, 5) is 21.0. The number of carbonyl (C=O) groups excluding carboxylic acids is 1. The average Bonchev–Trinajstić information content (AvgIpc) is 3.16. The molecule has 0 fully saturated rings. The smallest absolute Gasteiger partial charge is 0.291 e. The normalized spacial score (nSPS) is 11.0. The third kappa shape index (κ3) is 3.55. The molecule has 0 aliphatic heterocycles. The van der Waals surface area contributed by atoms with Crippen molar-refractivity contribution in [2.75, 3.05) is 6.54 Å². The van der Waals surface area contributed by atoms with E-state index in [1.165, 1.54) is 0 Å². The lowest BCUT2D eigenvalue weighted by Crippen LogP contribution is -2.29. The maximum absolute atomic E-state index is 12.6. The Morgan fingerprint density at radius 1 is 1.00 bits per heavy atom. The van der Waals surface area contributed by atoms with Gasteiger partial charge in [-0.25, -0.2) is 9.50 Å². The highest BCUT2D eigenvalue weighted by Gasteiger charge is 2.18. The minimum atomic E-state index is -0.309. The predicted octanol–water partition coefficient (Wildman–Crippen LogP) is 2.99. The Bertz CT molecular complexity index is 1020. The molecule has 0 saturated carbocycles. The Hall–Kier alpha value is -3.54. The number of hydrogen-bond acceptors (Lipinski definition) is 4. The molecule has 134 valence electrons. The van der Waals surface area contributed by atoms with Crippen LogP contribution >= 0.6 is 0 Å². The molecule has 0 radical (unpaired) electrons. The number of rotatable bonds is 5. The zero-order valence-electron chi connectivity index (χ0n) is 14.9. The highest BCUT2D eigenvalue weighted by molar-refractivity contribution is 5.90. The second kappa shape index (κ2) is 7.37. The summed E-state index contributed by atoms with van der Waals surface area (Å²) in [5, 5.41) is 7.24. The van der Waals surface area contributed by atoms with Gasteiger partial charge in [-0.15, -0.1) is 5.10 Å². The van der Waals surface area contributed by atoms with Gasteiger partial charge in [0.2, 0.25) is 5.82 Å². The number of aryl methyl sites for hydroxylation is 1. The van der Waals surface area contributed by atoms with Gasteiger partial charge >= 0.3 is 0 Å². The Labute approximate surface area is 156 Å².